The van der Waals surface area contributed by atoms with Crippen LogP contribution >= 0.6 is 0 Å². The number of piperidine rings is 1. The Hall–Kier alpha value is -0.900. The first-order chi connectivity index (χ1) is 7.79. The first-order valence-corrected chi connectivity index (χ1v) is 6.15. The van der Waals surface area contributed by atoms with Crippen molar-refractivity contribution in [2.45, 2.75) is 38.9 Å². The molecule has 1 N–H and O–H groups in total. The molecule has 2 unspecified atom stereocenters. The van der Waals surface area contributed by atoms with E-state index in [-0.39, 0.29) is 5.92 Å². The van der Waals surface area contributed by atoms with Gasteiger partial charge < -0.3 is 5.32 Å². The van der Waals surface area contributed by atoms with Gasteiger partial charge in [-0.1, -0.05) is 0 Å². The van der Waals surface area contributed by atoms with Crippen molar-refractivity contribution in [2.24, 2.45) is 5.92 Å². The van der Waals surface area contributed by atoms with Crippen molar-refractivity contribution in [2.75, 3.05) is 13.1 Å². The summed E-state index contributed by atoms with van der Waals surface area (Å²) in [7, 11) is 0. The number of hydrogen-bond donors (Lipinski definition) is 1. The molecule has 90 valence electrons. The summed E-state index contributed by atoms with van der Waals surface area (Å²) >= 11 is 0. The zero-order chi connectivity index (χ0) is 11.4. The highest BCUT2D eigenvalue weighted by atomic mass is 19.1. The Kier molecular flexibility index (Phi) is 3.93. The van der Waals surface area contributed by atoms with Crippen LogP contribution in [0, 0.1) is 5.92 Å². The van der Waals surface area contributed by atoms with E-state index in [1.54, 1.807) is 6.20 Å². The summed E-state index contributed by atoms with van der Waals surface area (Å²) in [5, 5.41) is 7.42. The Balaban J connectivity index is 1.87. The number of rotatable bonds is 4. The minimum atomic E-state index is -0.734. The van der Waals surface area contributed by atoms with Crippen LogP contribution in [0.15, 0.2) is 12.4 Å². The lowest BCUT2D eigenvalue weighted by Crippen LogP contribution is -2.35. The van der Waals surface area contributed by atoms with Crippen LogP contribution in [-0.4, -0.2) is 29.0 Å². The maximum absolute atomic E-state index is 14.0. The monoisotopic (exact) mass is 225 g/mol. The Labute approximate surface area is 96.0 Å². The predicted octanol–water partition coefficient (Wildman–Crippen LogP) is 1.78. The molecule has 16 heavy (non-hydrogen) atoms. The fourth-order valence-corrected chi connectivity index (χ4v) is 2.26. The molecule has 0 amide bonds. The minimum Gasteiger partial charge on any atom is -0.316 e. The second-order valence-electron chi connectivity index (χ2n) is 4.53. The molecule has 0 radical (unpaired) electrons. The second kappa shape index (κ2) is 5.43. The molecular formula is C12H20FN3. The van der Waals surface area contributed by atoms with E-state index in [9.17, 15) is 4.39 Å². The van der Waals surface area contributed by atoms with Crippen molar-refractivity contribution in [1.29, 1.82) is 0 Å². The summed E-state index contributed by atoms with van der Waals surface area (Å²) < 4.78 is 15.9. The molecule has 0 spiro atoms. The summed E-state index contributed by atoms with van der Waals surface area (Å²) in [6.07, 6.45) is 5.61. The van der Waals surface area contributed by atoms with E-state index in [0.29, 0.717) is 6.42 Å². The third-order valence-electron chi connectivity index (χ3n) is 3.29. The van der Waals surface area contributed by atoms with Gasteiger partial charge in [-0.3, -0.25) is 4.68 Å². The molecule has 0 aliphatic carbocycles. The number of aryl methyl sites for hydroxylation is 1. The molecule has 0 bridgehead atoms. The summed E-state index contributed by atoms with van der Waals surface area (Å²) in [5.74, 6) is 0.179. The summed E-state index contributed by atoms with van der Waals surface area (Å²) in [6, 6.07) is 0. The average molecular weight is 225 g/mol. The van der Waals surface area contributed by atoms with Gasteiger partial charge in [0.15, 0.2) is 0 Å². The molecule has 0 aromatic carbocycles. The van der Waals surface area contributed by atoms with Gasteiger partial charge >= 0.3 is 0 Å². The number of alkyl halides is 1. The van der Waals surface area contributed by atoms with Crippen LogP contribution in [0.3, 0.4) is 0 Å². The van der Waals surface area contributed by atoms with Crippen LogP contribution in [0.1, 0.15) is 25.3 Å². The van der Waals surface area contributed by atoms with Gasteiger partial charge in [-0.25, -0.2) is 4.39 Å². The maximum Gasteiger partial charge on any atom is 0.108 e. The molecule has 1 aliphatic rings. The maximum atomic E-state index is 14.0. The summed E-state index contributed by atoms with van der Waals surface area (Å²) in [4.78, 5) is 0. The zero-order valence-corrected chi connectivity index (χ0v) is 9.82. The lowest BCUT2D eigenvalue weighted by Gasteiger charge is -2.25. The SMILES string of the molecule is CCn1cc(CC(F)C2CCCNC2)cn1. The highest BCUT2D eigenvalue weighted by Gasteiger charge is 2.23. The van der Waals surface area contributed by atoms with Crippen LogP contribution in [0.25, 0.3) is 0 Å². The fraction of sp³-hybridized carbons (Fsp3) is 0.750. The molecule has 2 atom stereocenters. The normalized spacial score (nSPS) is 23.2. The molecule has 1 fully saturated rings. The molecule has 4 heteroatoms. The summed E-state index contributed by atoms with van der Waals surface area (Å²) in [6.45, 7) is 4.75. The molecule has 1 aliphatic heterocycles. The van der Waals surface area contributed by atoms with Gasteiger partial charge in [0.2, 0.25) is 0 Å². The quantitative estimate of drug-likeness (QED) is 0.846. The molecule has 0 saturated carbocycles. The fourth-order valence-electron chi connectivity index (χ4n) is 2.26. The topological polar surface area (TPSA) is 29.9 Å². The van der Waals surface area contributed by atoms with E-state index >= 15 is 0 Å². The van der Waals surface area contributed by atoms with Gasteiger partial charge in [-0.05, 0) is 31.9 Å². The molecular weight excluding hydrogens is 205 g/mol. The third-order valence-corrected chi connectivity index (χ3v) is 3.29. The van der Waals surface area contributed by atoms with Crippen molar-refractivity contribution in [3.63, 3.8) is 0 Å². The Morgan fingerprint density at radius 3 is 3.19 bits per heavy atom. The van der Waals surface area contributed by atoms with Crippen LogP contribution in [-0.2, 0) is 13.0 Å². The number of halogens is 1. The van der Waals surface area contributed by atoms with Gasteiger partial charge in [-0.2, -0.15) is 5.10 Å². The zero-order valence-electron chi connectivity index (χ0n) is 9.82. The van der Waals surface area contributed by atoms with Gasteiger partial charge in [0.1, 0.15) is 6.17 Å². The predicted molar refractivity (Wildman–Crippen MR) is 62.1 cm³/mol. The standard InChI is InChI=1S/C12H20FN3/c1-2-16-9-10(7-15-16)6-12(13)11-4-3-5-14-8-11/h7,9,11-12,14H,2-6,8H2,1H3. The molecule has 2 heterocycles. The number of nitrogens with one attached hydrogen (secondary N) is 1. The van der Waals surface area contributed by atoms with E-state index in [1.165, 1.54) is 0 Å². The smallest absolute Gasteiger partial charge is 0.108 e. The van der Waals surface area contributed by atoms with Gasteiger partial charge in [0.05, 0.1) is 6.20 Å². The van der Waals surface area contributed by atoms with Crippen LogP contribution in [0.5, 0.6) is 0 Å². The van der Waals surface area contributed by atoms with E-state index in [4.69, 9.17) is 0 Å². The lowest BCUT2D eigenvalue weighted by atomic mass is 9.92. The van der Waals surface area contributed by atoms with Crippen LogP contribution < -0.4 is 5.32 Å². The van der Waals surface area contributed by atoms with E-state index in [1.807, 2.05) is 17.8 Å². The third kappa shape index (κ3) is 2.82. The first-order valence-electron chi connectivity index (χ1n) is 6.15. The first kappa shape index (κ1) is 11.6. The lowest BCUT2D eigenvalue weighted by molar-refractivity contribution is 0.191. The van der Waals surface area contributed by atoms with E-state index in [0.717, 1.165) is 38.0 Å². The average Bonchev–Trinajstić information content (AvgIpc) is 2.78. The van der Waals surface area contributed by atoms with E-state index < -0.39 is 6.17 Å². The number of nitrogens with zero attached hydrogens (tertiary/aromatic N) is 2. The summed E-state index contributed by atoms with van der Waals surface area (Å²) in [5.41, 5.74) is 1.01. The van der Waals surface area contributed by atoms with Crippen LogP contribution in [0.4, 0.5) is 4.39 Å². The van der Waals surface area contributed by atoms with Gasteiger partial charge in [0.25, 0.3) is 0 Å². The van der Waals surface area contributed by atoms with Crippen LogP contribution in [0.2, 0.25) is 0 Å². The van der Waals surface area contributed by atoms with E-state index in [2.05, 4.69) is 10.4 Å². The molecule has 1 saturated heterocycles. The molecule has 1 aromatic heterocycles. The Morgan fingerprint density at radius 1 is 1.69 bits per heavy atom. The molecule has 2 rings (SSSR count). The number of hydrogen-bond acceptors (Lipinski definition) is 2. The van der Waals surface area contributed by atoms with Crippen molar-refractivity contribution < 1.29 is 4.39 Å². The molecule has 1 aromatic rings. The number of aromatic nitrogens is 2. The minimum absolute atomic E-state index is 0.179. The second-order valence-corrected chi connectivity index (χ2v) is 4.53. The van der Waals surface area contributed by atoms with Crippen molar-refractivity contribution in [1.82, 2.24) is 15.1 Å². The van der Waals surface area contributed by atoms with Crippen molar-refractivity contribution in [3.05, 3.63) is 18.0 Å². The highest BCUT2D eigenvalue weighted by Crippen LogP contribution is 2.20. The van der Waals surface area contributed by atoms with Gasteiger partial charge in [-0.15, -0.1) is 0 Å². The largest absolute Gasteiger partial charge is 0.316 e. The Morgan fingerprint density at radius 2 is 2.56 bits per heavy atom. The van der Waals surface area contributed by atoms with Crippen molar-refractivity contribution in [3.8, 4) is 0 Å². The highest BCUT2D eigenvalue weighted by molar-refractivity contribution is 5.06. The van der Waals surface area contributed by atoms with Gasteiger partial charge in [0, 0.05) is 31.6 Å². The Bertz CT molecular complexity index is 318. The molecule has 3 nitrogen and oxygen atoms in total. The van der Waals surface area contributed by atoms with Crippen molar-refractivity contribution >= 4 is 0 Å².